The van der Waals surface area contributed by atoms with Crippen molar-refractivity contribution < 1.29 is 4.39 Å². The summed E-state index contributed by atoms with van der Waals surface area (Å²) in [6.45, 7) is 8.91. The van der Waals surface area contributed by atoms with Crippen LogP contribution in [0.25, 0.3) is 0 Å². The minimum absolute atomic E-state index is 0.132. The van der Waals surface area contributed by atoms with Gasteiger partial charge in [0.2, 0.25) is 0 Å². The Bertz CT molecular complexity index is 327. The monoisotopic (exact) mass is 223 g/mol. The molecule has 0 aliphatic carbocycles. The van der Waals surface area contributed by atoms with Gasteiger partial charge < -0.3 is 5.32 Å². The Morgan fingerprint density at radius 3 is 2.00 bits per heavy atom. The zero-order valence-electron chi connectivity index (χ0n) is 10.8. The third-order valence-electron chi connectivity index (χ3n) is 3.72. The molecule has 16 heavy (non-hydrogen) atoms. The van der Waals surface area contributed by atoms with Crippen molar-refractivity contribution in [3.8, 4) is 0 Å². The predicted molar refractivity (Wildman–Crippen MR) is 66.8 cm³/mol. The van der Waals surface area contributed by atoms with Gasteiger partial charge in [-0.2, -0.15) is 0 Å². The van der Waals surface area contributed by atoms with Crippen molar-refractivity contribution in [1.29, 1.82) is 0 Å². The molecule has 0 spiro atoms. The van der Waals surface area contributed by atoms with Crippen LogP contribution in [-0.2, 0) is 0 Å². The summed E-state index contributed by atoms with van der Waals surface area (Å²) in [6, 6.07) is 7.01. The van der Waals surface area contributed by atoms with E-state index in [-0.39, 0.29) is 17.3 Å². The summed E-state index contributed by atoms with van der Waals surface area (Å²) >= 11 is 0. The normalized spacial score (nSPS) is 14.2. The maximum absolute atomic E-state index is 12.9. The highest BCUT2D eigenvalue weighted by atomic mass is 19.1. The van der Waals surface area contributed by atoms with Crippen molar-refractivity contribution >= 4 is 0 Å². The topological polar surface area (TPSA) is 12.0 Å². The van der Waals surface area contributed by atoms with Gasteiger partial charge >= 0.3 is 0 Å². The third-order valence-corrected chi connectivity index (χ3v) is 3.72. The lowest BCUT2D eigenvalue weighted by atomic mass is 9.72. The predicted octanol–water partition coefficient (Wildman–Crippen LogP) is 3.77. The van der Waals surface area contributed by atoms with E-state index >= 15 is 0 Å². The van der Waals surface area contributed by atoms with E-state index in [2.05, 4.69) is 33.0 Å². The lowest BCUT2D eigenvalue weighted by Gasteiger charge is -2.38. The van der Waals surface area contributed by atoms with E-state index in [4.69, 9.17) is 0 Å². The van der Waals surface area contributed by atoms with E-state index in [1.165, 1.54) is 12.1 Å². The van der Waals surface area contributed by atoms with Crippen LogP contribution in [0.5, 0.6) is 0 Å². The lowest BCUT2D eigenvalue weighted by molar-refractivity contribution is 0.172. The van der Waals surface area contributed by atoms with Crippen LogP contribution < -0.4 is 5.32 Å². The summed E-state index contributed by atoms with van der Waals surface area (Å²) in [7, 11) is 1.96. The molecule has 0 aliphatic heterocycles. The van der Waals surface area contributed by atoms with E-state index in [0.29, 0.717) is 5.92 Å². The first-order valence-electron chi connectivity index (χ1n) is 5.82. The molecule has 0 fully saturated rings. The average Bonchev–Trinajstić information content (AvgIpc) is 2.21. The molecule has 1 atom stereocenters. The number of halogens is 1. The van der Waals surface area contributed by atoms with Gasteiger partial charge in [-0.15, -0.1) is 0 Å². The molecule has 1 N–H and O–H groups in total. The summed E-state index contributed by atoms with van der Waals surface area (Å²) in [4.78, 5) is 0. The van der Waals surface area contributed by atoms with Crippen LogP contribution in [0.2, 0.25) is 0 Å². The van der Waals surface area contributed by atoms with Crippen LogP contribution in [0.15, 0.2) is 24.3 Å². The molecule has 1 unspecified atom stereocenters. The standard InChI is InChI=1S/C14H22FN/c1-10(2)14(3,4)13(16-5)11-6-8-12(15)9-7-11/h6-10,13,16H,1-5H3. The lowest BCUT2D eigenvalue weighted by Crippen LogP contribution is -2.35. The molecule has 1 nitrogen and oxygen atoms in total. The van der Waals surface area contributed by atoms with Gasteiger partial charge in [0.1, 0.15) is 5.82 Å². The molecule has 0 heterocycles. The van der Waals surface area contributed by atoms with Crippen LogP contribution in [0, 0.1) is 17.2 Å². The second-order valence-electron chi connectivity index (χ2n) is 5.25. The number of rotatable bonds is 4. The maximum atomic E-state index is 12.9. The average molecular weight is 223 g/mol. The molecule has 0 aliphatic rings. The van der Waals surface area contributed by atoms with Gasteiger partial charge in [-0.1, -0.05) is 39.8 Å². The first-order chi connectivity index (χ1) is 7.39. The van der Waals surface area contributed by atoms with E-state index in [0.717, 1.165) is 5.56 Å². The van der Waals surface area contributed by atoms with Gasteiger partial charge in [0.15, 0.2) is 0 Å². The minimum atomic E-state index is -0.180. The highest BCUT2D eigenvalue weighted by Crippen LogP contribution is 2.39. The second-order valence-corrected chi connectivity index (χ2v) is 5.25. The molecule has 0 aromatic heterocycles. The fourth-order valence-corrected chi connectivity index (χ4v) is 1.96. The first-order valence-corrected chi connectivity index (χ1v) is 5.82. The van der Waals surface area contributed by atoms with Crippen LogP contribution in [0.3, 0.4) is 0 Å². The minimum Gasteiger partial charge on any atom is -0.313 e. The first kappa shape index (κ1) is 13.2. The number of benzene rings is 1. The quantitative estimate of drug-likeness (QED) is 0.819. The van der Waals surface area contributed by atoms with Gasteiger partial charge in [0, 0.05) is 6.04 Å². The second kappa shape index (κ2) is 4.96. The van der Waals surface area contributed by atoms with Crippen molar-refractivity contribution in [2.24, 2.45) is 11.3 Å². The van der Waals surface area contributed by atoms with Crippen LogP contribution in [0.4, 0.5) is 4.39 Å². The summed E-state index contributed by atoms with van der Waals surface area (Å²) in [5, 5.41) is 3.34. The zero-order valence-corrected chi connectivity index (χ0v) is 10.8. The molecular weight excluding hydrogens is 201 g/mol. The molecule has 0 saturated heterocycles. The van der Waals surface area contributed by atoms with Crippen LogP contribution in [-0.4, -0.2) is 7.05 Å². The molecule has 1 rings (SSSR count). The van der Waals surface area contributed by atoms with Crippen molar-refractivity contribution in [3.05, 3.63) is 35.6 Å². The fourth-order valence-electron chi connectivity index (χ4n) is 1.96. The zero-order chi connectivity index (χ0) is 12.3. The molecule has 2 heteroatoms. The van der Waals surface area contributed by atoms with Crippen LogP contribution in [0.1, 0.15) is 39.3 Å². The van der Waals surface area contributed by atoms with E-state index in [1.54, 1.807) is 0 Å². The van der Waals surface area contributed by atoms with Gasteiger partial charge in [0.05, 0.1) is 0 Å². The van der Waals surface area contributed by atoms with Crippen molar-refractivity contribution in [2.45, 2.75) is 33.7 Å². The Hall–Kier alpha value is -0.890. The van der Waals surface area contributed by atoms with Gasteiger partial charge in [0.25, 0.3) is 0 Å². The summed E-state index contributed by atoms with van der Waals surface area (Å²) in [6.07, 6.45) is 0. The van der Waals surface area contributed by atoms with Crippen molar-refractivity contribution in [2.75, 3.05) is 7.05 Å². The smallest absolute Gasteiger partial charge is 0.123 e. The summed E-state index contributed by atoms with van der Waals surface area (Å²) < 4.78 is 12.9. The molecule has 1 aromatic rings. The third kappa shape index (κ3) is 2.62. The Morgan fingerprint density at radius 2 is 1.62 bits per heavy atom. The summed E-state index contributed by atoms with van der Waals surface area (Å²) in [5.74, 6) is 0.371. The molecule has 0 saturated carbocycles. The van der Waals surface area contributed by atoms with Crippen molar-refractivity contribution in [3.63, 3.8) is 0 Å². The van der Waals surface area contributed by atoms with E-state index < -0.39 is 0 Å². The Morgan fingerprint density at radius 1 is 1.12 bits per heavy atom. The van der Waals surface area contributed by atoms with Gasteiger partial charge in [-0.3, -0.25) is 0 Å². The van der Waals surface area contributed by atoms with Gasteiger partial charge in [-0.05, 0) is 36.1 Å². The SMILES string of the molecule is CNC(c1ccc(F)cc1)C(C)(C)C(C)C. The van der Waals surface area contributed by atoms with Gasteiger partial charge in [-0.25, -0.2) is 4.39 Å². The van der Waals surface area contributed by atoms with E-state index in [1.807, 2.05) is 19.2 Å². The molecule has 0 radical (unpaired) electrons. The highest BCUT2D eigenvalue weighted by Gasteiger charge is 2.32. The van der Waals surface area contributed by atoms with Crippen LogP contribution >= 0.6 is 0 Å². The Kier molecular flexibility index (Phi) is 4.09. The highest BCUT2D eigenvalue weighted by molar-refractivity contribution is 5.22. The molecule has 1 aromatic carbocycles. The summed E-state index contributed by atoms with van der Waals surface area (Å²) in [5.41, 5.74) is 1.27. The Balaban J connectivity index is 3.03. The maximum Gasteiger partial charge on any atom is 0.123 e. The van der Waals surface area contributed by atoms with E-state index in [9.17, 15) is 4.39 Å². The molecular formula is C14H22FN. The Labute approximate surface area is 98.1 Å². The van der Waals surface area contributed by atoms with Crippen molar-refractivity contribution in [1.82, 2.24) is 5.32 Å². The number of hydrogen-bond acceptors (Lipinski definition) is 1. The molecule has 0 amide bonds. The number of hydrogen-bond donors (Lipinski definition) is 1. The number of nitrogens with one attached hydrogen (secondary N) is 1. The fraction of sp³-hybridized carbons (Fsp3) is 0.571. The molecule has 90 valence electrons. The largest absolute Gasteiger partial charge is 0.313 e. The molecule has 0 bridgehead atoms.